The lowest BCUT2D eigenvalue weighted by atomic mass is 10.0. The summed E-state index contributed by atoms with van der Waals surface area (Å²) in [5.41, 5.74) is 0.113. The van der Waals surface area contributed by atoms with Crippen molar-refractivity contribution in [3.05, 3.63) is 58.9 Å². The Kier molecular flexibility index (Phi) is 2.01. The van der Waals surface area contributed by atoms with E-state index in [1.165, 1.54) is 6.07 Å². The number of nitro benzene ring substituents is 1. The number of hydrogen-bond acceptors (Lipinski definition) is 3. The molecule has 0 N–H and O–H groups in total. The predicted octanol–water partition coefficient (Wildman–Crippen LogP) is 3.30. The molecule has 3 aromatic rings. The third-order valence-corrected chi connectivity index (χ3v) is 2.83. The lowest BCUT2D eigenvalue weighted by molar-refractivity contribution is -0.384. The average molecular weight is 224 g/mol. The molecule has 1 heterocycles. The van der Waals surface area contributed by atoms with Crippen LogP contribution in [0.4, 0.5) is 5.69 Å². The van der Waals surface area contributed by atoms with Crippen molar-refractivity contribution >= 4 is 27.2 Å². The van der Waals surface area contributed by atoms with E-state index in [-0.39, 0.29) is 10.6 Å². The van der Waals surface area contributed by atoms with Gasteiger partial charge in [0.25, 0.3) is 5.69 Å². The molecule has 0 radical (unpaired) electrons. The van der Waals surface area contributed by atoms with E-state index in [0.29, 0.717) is 0 Å². The van der Waals surface area contributed by atoms with Gasteiger partial charge >= 0.3 is 0 Å². The Labute approximate surface area is 96.7 Å². The van der Waals surface area contributed by atoms with Gasteiger partial charge in [0, 0.05) is 29.9 Å². The predicted molar refractivity (Wildman–Crippen MR) is 65.9 cm³/mol. The average Bonchev–Trinajstić information content (AvgIpc) is 2.38. The summed E-state index contributed by atoms with van der Waals surface area (Å²) in [6.07, 6.45) is 3.45. The van der Waals surface area contributed by atoms with Gasteiger partial charge in [0.2, 0.25) is 0 Å². The summed E-state index contributed by atoms with van der Waals surface area (Å²) in [5, 5.41) is 14.6. The molecule has 0 aliphatic carbocycles. The molecule has 0 unspecified atom stereocenters. The molecule has 2 aromatic carbocycles. The molecule has 0 bridgehead atoms. The van der Waals surface area contributed by atoms with E-state index < -0.39 is 0 Å². The Morgan fingerprint density at radius 1 is 1.00 bits per heavy atom. The summed E-state index contributed by atoms with van der Waals surface area (Å²) < 4.78 is 0. The number of pyridine rings is 1. The lowest BCUT2D eigenvalue weighted by Gasteiger charge is -2.02. The highest BCUT2D eigenvalue weighted by Gasteiger charge is 2.07. The Morgan fingerprint density at radius 3 is 2.59 bits per heavy atom. The number of rotatable bonds is 1. The van der Waals surface area contributed by atoms with Gasteiger partial charge in [0.05, 0.1) is 4.92 Å². The van der Waals surface area contributed by atoms with Crippen LogP contribution in [0.5, 0.6) is 0 Å². The fourth-order valence-electron chi connectivity index (χ4n) is 2.00. The van der Waals surface area contributed by atoms with E-state index in [1.54, 1.807) is 24.5 Å². The largest absolute Gasteiger partial charge is 0.270 e. The normalized spacial score (nSPS) is 10.8. The summed E-state index contributed by atoms with van der Waals surface area (Å²) in [6, 6.07) is 10.7. The minimum Gasteiger partial charge on any atom is -0.264 e. The maximum absolute atomic E-state index is 10.8. The van der Waals surface area contributed by atoms with Gasteiger partial charge in [-0.15, -0.1) is 0 Å². The van der Waals surface area contributed by atoms with Crippen LogP contribution in [0.15, 0.2) is 48.8 Å². The second-order valence-electron chi connectivity index (χ2n) is 3.82. The van der Waals surface area contributed by atoms with Crippen LogP contribution in [-0.4, -0.2) is 9.91 Å². The van der Waals surface area contributed by atoms with Crippen molar-refractivity contribution in [2.45, 2.75) is 0 Å². The molecule has 0 aliphatic heterocycles. The van der Waals surface area contributed by atoms with E-state index in [4.69, 9.17) is 0 Å². The van der Waals surface area contributed by atoms with E-state index in [1.807, 2.05) is 18.2 Å². The van der Waals surface area contributed by atoms with Crippen molar-refractivity contribution in [3.63, 3.8) is 0 Å². The topological polar surface area (TPSA) is 56.0 Å². The Balaban J connectivity index is 2.46. The molecular formula is C13H8N2O2. The molecule has 82 valence electrons. The molecule has 0 fully saturated rings. The van der Waals surface area contributed by atoms with E-state index in [2.05, 4.69) is 4.98 Å². The summed E-state index contributed by atoms with van der Waals surface area (Å²) in [6.45, 7) is 0. The van der Waals surface area contributed by atoms with Gasteiger partial charge < -0.3 is 0 Å². The summed E-state index contributed by atoms with van der Waals surface area (Å²) >= 11 is 0. The van der Waals surface area contributed by atoms with E-state index in [0.717, 1.165) is 21.5 Å². The third kappa shape index (κ3) is 1.50. The number of nitrogens with zero attached hydrogens (tertiary/aromatic N) is 2. The van der Waals surface area contributed by atoms with Crippen LogP contribution in [-0.2, 0) is 0 Å². The third-order valence-electron chi connectivity index (χ3n) is 2.83. The molecule has 1 aromatic heterocycles. The maximum atomic E-state index is 10.8. The van der Waals surface area contributed by atoms with Gasteiger partial charge in [-0.3, -0.25) is 15.1 Å². The first-order chi connectivity index (χ1) is 8.25. The van der Waals surface area contributed by atoms with Crippen LogP contribution in [0.1, 0.15) is 0 Å². The first kappa shape index (κ1) is 9.72. The van der Waals surface area contributed by atoms with Crippen LogP contribution in [0, 0.1) is 10.1 Å². The van der Waals surface area contributed by atoms with Crippen molar-refractivity contribution < 1.29 is 4.92 Å². The number of non-ortho nitro benzene ring substituents is 1. The summed E-state index contributed by atoms with van der Waals surface area (Å²) in [7, 11) is 0. The number of fused-ring (bicyclic) bond motifs is 3. The Hall–Kier alpha value is -2.49. The molecule has 3 rings (SSSR count). The Morgan fingerprint density at radius 2 is 1.76 bits per heavy atom. The smallest absolute Gasteiger partial charge is 0.264 e. The van der Waals surface area contributed by atoms with Crippen molar-refractivity contribution in [2.24, 2.45) is 0 Å². The zero-order valence-corrected chi connectivity index (χ0v) is 8.83. The Bertz CT molecular complexity index is 738. The number of nitro groups is 1. The zero-order chi connectivity index (χ0) is 11.8. The molecule has 0 saturated heterocycles. The van der Waals surface area contributed by atoms with Gasteiger partial charge in [-0.05, 0) is 28.3 Å². The van der Waals surface area contributed by atoms with Crippen molar-refractivity contribution in [3.8, 4) is 0 Å². The molecule has 4 nitrogen and oxygen atoms in total. The molecule has 0 saturated carbocycles. The van der Waals surface area contributed by atoms with Crippen LogP contribution >= 0.6 is 0 Å². The van der Waals surface area contributed by atoms with Crippen LogP contribution in [0.2, 0.25) is 0 Å². The molecular weight excluding hydrogens is 216 g/mol. The first-order valence-electron chi connectivity index (χ1n) is 5.16. The van der Waals surface area contributed by atoms with Gasteiger partial charge in [0.1, 0.15) is 0 Å². The highest BCUT2D eigenvalue weighted by Crippen LogP contribution is 2.27. The van der Waals surface area contributed by atoms with Crippen molar-refractivity contribution in [1.29, 1.82) is 0 Å². The quantitative estimate of drug-likeness (QED) is 0.362. The second-order valence-corrected chi connectivity index (χ2v) is 3.82. The SMILES string of the molecule is O=[N+]([O-])c1ccc2ccc3cnccc3c2c1. The van der Waals surface area contributed by atoms with Crippen molar-refractivity contribution in [2.75, 3.05) is 0 Å². The van der Waals surface area contributed by atoms with Gasteiger partial charge in [-0.25, -0.2) is 0 Å². The minimum atomic E-state index is -0.376. The van der Waals surface area contributed by atoms with E-state index in [9.17, 15) is 10.1 Å². The molecule has 0 atom stereocenters. The van der Waals surface area contributed by atoms with Crippen molar-refractivity contribution in [1.82, 2.24) is 4.98 Å². The van der Waals surface area contributed by atoms with Crippen LogP contribution in [0.3, 0.4) is 0 Å². The standard InChI is InChI=1S/C13H8N2O2/c16-15(17)11-4-3-9-1-2-10-8-14-6-5-12(10)13(9)7-11/h1-8H. The zero-order valence-electron chi connectivity index (χ0n) is 8.83. The molecule has 0 aliphatic rings. The monoisotopic (exact) mass is 224 g/mol. The summed E-state index contributed by atoms with van der Waals surface area (Å²) in [4.78, 5) is 14.4. The van der Waals surface area contributed by atoms with Crippen LogP contribution < -0.4 is 0 Å². The van der Waals surface area contributed by atoms with E-state index >= 15 is 0 Å². The lowest BCUT2D eigenvalue weighted by Crippen LogP contribution is -1.87. The molecule has 4 heteroatoms. The fraction of sp³-hybridized carbons (Fsp3) is 0. The first-order valence-corrected chi connectivity index (χ1v) is 5.16. The molecule has 0 amide bonds. The number of aromatic nitrogens is 1. The molecule has 0 spiro atoms. The van der Waals surface area contributed by atoms with Gasteiger partial charge in [-0.1, -0.05) is 12.1 Å². The number of benzene rings is 2. The van der Waals surface area contributed by atoms with Gasteiger partial charge in [-0.2, -0.15) is 0 Å². The summed E-state index contributed by atoms with van der Waals surface area (Å²) in [5.74, 6) is 0. The minimum absolute atomic E-state index is 0.113. The highest BCUT2D eigenvalue weighted by molar-refractivity contribution is 6.07. The van der Waals surface area contributed by atoms with Crippen LogP contribution in [0.25, 0.3) is 21.5 Å². The van der Waals surface area contributed by atoms with Gasteiger partial charge in [0.15, 0.2) is 0 Å². The highest BCUT2D eigenvalue weighted by atomic mass is 16.6. The second kappa shape index (κ2) is 3.52. The number of hydrogen-bond donors (Lipinski definition) is 0. The maximum Gasteiger partial charge on any atom is 0.270 e. The fourth-order valence-corrected chi connectivity index (χ4v) is 2.00. The molecule has 17 heavy (non-hydrogen) atoms.